The van der Waals surface area contributed by atoms with Crippen LogP contribution >= 0.6 is 15.9 Å². The van der Waals surface area contributed by atoms with Crippen LogP contribution in [0.5, 0.6) is 5.88 Å². The molecule has 2 aromatic rings. The van der Waals surface area contributed by atoms with Crippen LogP contribution in [0.25, 0.3) is 5.69 Å². The maximum Gasteiger partial charge on any atom is 0.341 e. The van der Waals surface area contributed by atoms with Crippen LogP contribution in [-0.2, 0) is 11.2 Å². The van der Waals surface area contributed by atoms with Gasteiger partial charge in [-0.1, -0.05) is 22.9 Å². The molecule has 0 amide bonds. The lowest BCUT2D eigenvalue weighted by atomic mass is 10.2. The van der Waals surface area contributed by atoms with E-state index in [1.807, 2.05) is 32.0 Å². The van der Waals surface area contributed by atoms with E-state index in [1.165, 1.54) is 0 Å². The van der Waals surface area contributed by atoms with Crippen molar-refractivity contribution in [1.82, 2.24) is 9.78 Å². The van der Waals surface area contributed by atoms with Crippen LogP contribution in [0, 0.1) is 6.92 Å². The van der Waals surface area contributed by atoms with Crippen molar-refractivity contribution in [3.8, 4) is 11.6 Å². The number of nitrogens with zero attached hydrogens (tertiary/aromatic N) is 2. The van der Waals surface area contributed by atoms with Gasteiger partial charge in [-0.25, -0.2) is 9.48 Å². The molecular formula is C14H15BrN2O3. The number of aliphatic carboxylic acids is 1. The summed E-state index contributed by atoms with van der Waals surface area (Å²) in [5.41, 5.74) is 2.99. The smallest absolute Gasteiger partial charge is 0.341 e. The lowest BCUT2D eigenvalue weighted by molar-refractivity contribution is -0.139. The van der Waals surface area contributed by atoms with Crippen LogP contribution < -0.4 is 4.74 Å². The summed E-state index contributed by atoms with van der Waals surface area (Å²) in [6, 6.07) is 7.69. The minimum absolute atomic E-state index is 0.326. The van der Waals surface area contributed by atoms with Gasteiger partial charge in [-0.05, 0) is 37.1 Å². The van der Waals surface area contributed by atoms with Gasteiger partial charge in [0.2, 0.25) is 5.88 Å². The van der Waals surface area contributed by atoms with E-state index in [0.29, 0.717) is 5.88 Å². The number of rotatable bonds is 5. The Balaban J connectivity index is 2.37. The van der Waals surface area contributed by atoms with Gasteiger partial charge in [-0.15, -0.1) is 5.10 Å². The number of halogens is 1. The van der Waals surface area contributed by atoms with Gasteiger partial charge in [0.25, 0.3) is 0 Å². The number of carboxylic acids is 1. The third kappa shape index (κ3) is 3.19. The number of aryl methyl sites for hydroxylation is 2. The Morgan fingerprint density at radius 2 is 2.20 bits per heavy atom. The summed E-state index contributed by atoms with van der Waals surface area (Å²) in [6.45, 7) is 3.63. The first-order chi connectivity index (χ1) is 9.51. The second-order valence-electron chi connectivity index (χ2n) is 4.35. The molecule has 0 spiro atoms. The monoisotopic (exact) mass is 338 g/mol. The van der Waals surface area contributed by atoms with Crippen LogP contribution in [0.4, 0.5) is 0 Å². The number of hydrogen-bond acceptors (Lipinski definition) is 3. The van der Waals surface area contributed by atoms with E-state index in [4.69, 9.17) is 9.84 Å². The van der Waals surface area contributed by atoms with Crippen molar-refractivity contribution in [3.63, 3.8) is 0 Å². The van der Waals surface area contributed by atoms with Gasteiger partial charge in [0.1, 0.15) is 0 Å². The number of aromatic nitrogens is 2. The Labute approximate surface area is 125 Å². The molecule has 0 saturated heterocycles. The van der Waals surface area contributed by atoms with Crippen LogP contribution in [-0.4, -0.2) is 27.5 Å². The average molecular weight is 339 g/mol. The molecule has 0 aliphatic heterocycles. The molecule has 0 aliphatic rings. The number of carbonyl (C=O) groups is 1. The second-order valence-corrected chi connectivity index (χ2v) is 5.27. The molecule has 6 heteroatoms. The lowest BCUT2D eigenvalue weighted by Crippen LogP contribution is -2.10. The summed E-state index contributed by atoms with van der Waals surface area (Å²) in [7, 11) is 0. The topological polar surface area (TPSA) is 64.3 Å². The predicted molar refractivity (Wildman–Crippen MR) is 78.5 cm³/mol. The van der Waals surface area contributed by atoms with E-state index in [2.05, 4.69) is 21.0 Å². The van der Waals surface area contributed by atoms with E-state index >= 15 is 0 Å². The molecule has 0 radical (unpaired) electrons. The molecule has 1 heterocycles. The predicted octanol–water partition coefficient (Wildman–Crippen LogP) is 2.97. The van der Waals surface area contributed by atoms with E-state index in [9.17, 15) is 4.79 Å². The molecule has 2 rings (SSSR count). The van der Waals surface area contributed by atoms with Gasteiger partial charge >= 0.3 is 5.97 Å². The molecule has 0 saturated carbocycles. The molecule has 1 N–H and O–H groups in total. The third-order valence-corrected chi connectivity index (χ3v) is 3.35. The summed E-state index contributed by atoms with van der Waals surface area (Å²) in [6.07, 6.45) is 0.777. The summed E-state index contributed by atoms with van der Waals surface area (Å²) in [4.78, 5) is 10.5. The molecular weight excluding hydrogens is 324 g/mol. The molecule has 5 nitrogen and oxygen atoms in total. The summed E-state index contributed by atoms with van der Waals surface area (Å²) >= 11 is 3.43. The van der Waals surface area contributed by atoms with Crippen molar-refractivity contribution in [2.24, 2.45) is 0 Å². The maximum absolute atomic E-state index is 10.5. The highest BCUT2D eigenvalue weighted by Gasteiger charge is 2.12. The van der Waals surface area contributed by atoms with Crippen LogP contribution in [0.3, 0.4) is 0 Å². The molecule has 0 unspecified atom stereocenters. The van der Waals surface area contributed by atoms with Crippen molar-refractivity contribution in [1.29, 1.82) is 0 Å². The highest BCUT2D eigenvalue weighted by Crippen LogP contribution is 2.23. The van der Waals surface area contributed by atoms with Crippen molar-refractivity contribution in [2.45, 2.75) is 20.3 Å². The van der Waals surface area contributed by atoms with E-state index in [0.717, 1.165) is 27.8 Å². The largest absolute Gasteiger partial charge is 0.479 e. The average Bonchev–Trinajstić information content (AvgIpc) is 2.79. The minimum Gasteiger partial charge on any atom is -0.479 e. The van der Waals surface area contributed by atoms with Crippen molar-refractivity contribution in [2.75, 3.05) is 6.61 Å². The van der Waals surface area contributed by atoms with Crippen molar-refractivity contribution < 1.29 is 14.6 Å². The third-order valence-electron chi connectivity index (χ3n) is 2.85. The summed E-state index contributed by atoms with van der Waals surface area (Å²) in [5, 5.41) is 13.0. The minimum atomic E-state index is -1.02. The summed E-state index contributed by atoms with van der Waals surface area (Å²) in [5.74, 6) is -0.691. The standard InChI is InChI=1S/C14H15BrN2O3/c1-3-11-7-13(20-8-14(18)19)16-17(11)12-5-4-10(15)6-9(12)2/h4-7H,3,8H2,1-2H3,(H,18,19). The Kier molecular flexibility index (Phi) is 4.44. The van der Waals surface area contributed by atoms with E-state index < -0.39 is 5.97 Å². The molecule has 1 aromatic heterocycles. The molecule has 0 atom stereocenters. The Hall–Kier alpha value is -1.82. The zero-order valence-corrected chi connectivity index (χ0v) is 12.8. The Morgan fingerprint density at radius 3 is 2.80 bits per heavy atom. The van der Waals surface area contributed by atoms with Crippen LogP contribution in [0.2, 0.25) is 0 Å². The van der Waals surface area contributed by atoms with Gasteiger partial charge in [-0.2, -0.15) is 0 Å². The van der Waals surface area contributed by atoms with Gasteiger partial charge in [0.05, 0.1) is 5.69 Å². The fraction of sp³-hybridized carbons (Fsp3) is 0.286. The van der Waals surface area contributed by atoms with Crippen molar-refractivity contribution >= 4 is 21.9 Å². The summed E-state index contributed by atoms with van der Waals surface area (Å²) < 4.78 is 7.93. The quantitative estimate of drug-likeness (QED) is 0.910. The van der Waals surface area contributed by atoms with Gasteiger partial charge in [0.15, 0.2) is 6.61 Å². The van der Waals surface area contributed by atoms with Crippen LogP contribution in [0.1, 0.15) is 18.2 Å². The maximum atomic E-state index is 10.5. The van der Waals surface area contributed by atoms with E-state index in [1.54, 1.807) is 10.7 Å². The lowest BCUT2D eigenvalue weighted by Gasteiger charge is -2.09. The van der Waals surface area contributed by atoms with Crippen LogP contribution in [0.15, 0.2) is 28.7 Å². The zero-order valence-electron chi connectivity index (χ0n) is 11.3. The van der Waals surface area contributed by atoms with Gasteiger partial charge in [-0.3, -0.25) is 0 Å². The van der Waals surface area contributed by atoms with E-state index in [-0.39, 0.29) is 6.61 Å². The molecule has 1 aromatic carbocycles. The first-order valence-electron chi connectivity index (χ1n) is 6.21. The first kappa shape index (κ1) is 14.6. The fourth-order valence-electron chi connectivity index (χ4n) is 1.92. The molecule has 106 valence electrons. The molecule has 0 fully saturated rings. The highest BCUT2D eigenvalue weighted by atomic mass is 79.9. The van der Waals surface area contributed by atoms with Gasteiger partial charge in [0, 0.05) is 16.2 Å². The Morgan fingerprint density at radius 1 is 1.45 bits per heavy atom. The van der Waals surface area contributed by atoms with Gasteiger partial charge < -0.3 is 9.84 Å². The number of hydrogen-bond donors (Lipinski definition) is 1. The zero-order chi connectivity index (χ0) is 14.7. The number of ether oxygens (including phenoxy) is 1. The van der Waals surface area contributed by atoms with Crippen molar-refractivity contribution in [3.05, 3.63) is 40.0 Å². The second kappa shape index (κ2) is 6.09. The number of carboxylic acid groups (broad SMARTS) is 1. The SMILES string of the molecule is CCc1cc(OCC(=O)O)nn1-c1ccc(Br)cc1C. The normalized spacial score (nSPS) is 10.6. The molecule has 20 heavy (non-hydrogen) atoms. The molecule has 0 bridgehead atoms. The fourth-order valence-corrected chi connectivity index (χ4v) is 2.39. The number of benzene rings is 1. The Bertz CT molecular complexity index is 637. The first-order valence-corrected chi connectivity index (χ1v) is 7.00. The molecule has 0 aliphatic carbocycles. The highest BCUT2D eigenvalue weighted by molar-refractivity contribution is 9.10.